The van der Waals surface area contributed by atoms with Crippen molar-refractivity contribution in [2.75, 3.05) is 5.73 Å². The minimum absolute atomic E-state index is 0.278. The first kappa shape index (κ1) is 11.9. The number of carbonyl (C=O) groups excluding carboxylic acids is 1. The van der Waals surface area contributed by atoms with E-state index in [4.69, 9.17) is 10.5 Å². The Kier molecular flexibility index (Phi) is 2.81. The van der Waals surface area contributed by atoms with Crippen molar-refractivity contribution >= 4 is 11.8 Å². The van der Waals surface area contributed by atoms with Crippen LogP contribution in [0.3, 0.4) is 0 Å². The monoisotopic (exact) mass is 234 g/mol. The molecular weight excluding hydrogens is 216 g/mol. The van der Waals surface area contributed by atoms with Crippen LogP contribution in [0.4, 0.5) is 5.82 Å². The maximum atomic E-state index is 12.1. The third-order valence-electron chi connectivity index (χ3n) is 2.78. The van der Waals surface area contributed by atoms with E-state index in [-0.39, 0.29) is 11.8 Å². The van der Waals surface area contributed by atoms with Crippen LogP contribution in [0.25, 0.3) is 0 Å². The van der Waals surface area contributed by atoms with E-state index in [1.807, 2.05) is 20.8 Å². The van der Waals surface area contributed by atoms with Crippen molar-refractivity contribution in [1.29, 1.82) is 0 Å². The van der Waals surface area contributed by atoms with Crippen LogP contribution in [0.1, 0.15) is 48.7 Å². The van der Waals surface area contributed by atoms with Crippen LogP contribution in [0.2, 0.25) is 0 Å². The summed E-state index contributed by atoms with van der Waals surface area (Å²) in [6, 6.07) is 0. The molecule has 1 aliphatic carbocycles. The Morgan fingerprint density at radius 1 is 1.41 bits per heavy atom. The largest absolute Gasteiger partial charge is 0.456 e. The van der Waals surface area contributed by atoms with Crippen LogP contribution in [0, 0.1) is 0 Å². The molecule has 2 N–H and O–H groups in total. The Morgan fingerprint density at radius 2 is 2.12 bits per heavy atom. The molecule has 1 aromatic heterocycles. The second-order valence-corrected chi connectivity index (χ2v) is 5.38. The minimum atomic E-state index is -0.509. The Morgan fingerprint density at radius 3 is 2.76 bits per heavy atom. The lowest BCUT2D eigenvalue weighted by molar-refractivity contribution is 0.00694. The number of aromatic nitrogens is 1. The van der Waals surface area contributed by atoms with Gasteiger partial charge in [0.05, 0.1) is 0 Å². The van der Waals surface area contributed by atoms with Crippen molar-refractivity contribution in [2.24, 2.45) is 0 Å². The average molecular weight is 234 g/mol. The van der Waals surface area contributed by atoms with E-state index in [2.05, 4.69) is 4.98 Å². The lowest BCUT2D eigenvalue weighted by atomic mass is 10.1. The second-order valence-electron chi connectivity index (χ2n) is 5.38. The smallest absolute Gasteiger partial charge is 0.342 e. The summed E-state index contributed by atoms with van der Waals surface area (Å²) in [6.07, 6.45) is 4.68. The maximum Gasteiger partial charge on any atom is 0.342 e. The van der Waals surface area contributed by atoms with Gasteiger partial charge in [-0.25, -0.2) is 9.78 Å². The Labute approximate surface area is 101 Å². The summed E-state index contributed by atoms with van der Waals surface area (Å²) in [6.45, 7) is 5.53. The molecule has 92 valence electrons. The highest BCUT2D eigenvalue weighted by atomic mass is 16.6. The maximum absolute atomic E-state index is 12.1. The highest BCUT2D eigenvalue weighted by molar-refractivity contribution is 5.96. The van der Waals surface area contributed by atoms with Crippen LogP contribution in [-0.2, 0) is 17.6 Å². The van der Waals surface area contributed by atoms with Gasteiger partial charge in [-0.1, -0.05) is 0 Å². The first-order valence-electron chi connectivity index (χ1n) is 5.88. The lowest BCUT2D eigenvalue weighted by Crippen LogP contribution is -2.25. The second kappa shape index (κ2) is 4.02. The van der Waals surface area contributed by atoms with E-state index in [9.17, 15) is 4.79 Å². The summed E-state index contributed by atoms with van der Waals surface area (Å²) in [5.74, 6) is -0.0823. The summed E-state index contributed by atoms with van der Waals surface area (Å²) >= 11 is 0. The van der Waals surface area contributed by atoms with Crippen LogP contribution in [0.15, 0.2) is 6.20 Å². The number of ether oxygens (including phenoxy) is 1. The quantitative estimate of drug-likeness (QED) is 0.756. The molecule has 0 bridgehead atoms. The zero-order chi connectivity index (χ0) is 12.6. The van der Waals surface area contributed by atoms with Gasteiger partial charge in [0.25, 0.3) is 0 Å². The van der Waals surface area contributed by atoms with Gasteiger partial charge >= 0.3 is 5.97 Å². The van der Waals surface area contributed by atoms with Gasteiger partial charge in [-0.2, -0.15) is 0 Å². The molecule has 0 aromatic carbocycles. The third-order valence-corrected chi connectivity index (χ3v) is 2.78. The molecule has 0 unspecified atom stereocenters. The Balaban J connectivity index is 2.38. The summed E-state index contributed by atoms with van der Waals surface area (Å²) in [5, 5.41) is 0. The predicted molar refractivity (Wildman–Crippen MR) is 65.8 cm³/mol. The number of hydrogen-bond donors (Lipinski definition) is 1. The van der Waals surface area contributed by atoms with E-state index in [0.29, 0.717) is 5.56 Å². The molecule has 0 radical (unpaired) electrons. The summed E-state index contributed by atoms with van der Waals surface area (Å²) in [4.78, 5) is 16.2. The molecule has 1 aliphatic rings. The number of fused-ring (bicyclic) bond motifs is 1. The molecule has 4 nitrogen and oxygen atoms in total. The van der Waals surface area contributed by atoms with Gasteiger partial charge in [-0.15, -0.1) is 0 Å². The van der Waals surface area contributed by atoms with E-state index in [1.54, 1.807) is 6.20 Å². The first-order valence-corrected chi connectivity index (χ1v) is 5.88. The number of aryl methyl sites for hydroxylation is 1. The highest BCUT2D eigenvalue weighted by Crippen LogP contribution is 2.29. The van der Waals surface area contributed by atoms with Gasteiger partial charge in [0, 0.05) is 6.20 Å². The minimum Gasteiger partial charge on any atom is -0.456 e. The first-order chi connectivity index (χ1) is 7.88. The van der Waals surface area contributed by atoms with Crippen molar-refractivity contribution in [2.45, 2.75) is 45.6 Å². The third kappa shape index (κ3) is 2.40. The molecule has 4 heteroatoms. The fourth-order valence-electron chi connectivity index (χ4n) is 2.12. The number of anilines is 1. The van der Waals surface area contributed by atoms with Crippen molar-refractivity contribution in [1.82, 2.24) is 4.98 Å². The van der Waals surface area contributed by atoms with E-state index < -0.39 is 5.60 Å². The fraction of sp³-hybridized carbons (Fsp3) is 0.538. The number of nitrogens with two attached hydrogens (primary N) is 1. The average Bonchev–Trinajstić information content (AvgIpc) is 2.61. The van der Waals surface area contributed by atoms with E-state index >= 15 is 0 Å². The lowest BCUT2D eigenvalue weighted by Gasteiger charge is -2.21. The summed E-state index contributed by atoms with van der Waals surface area (Å²) in [7, 11) is 0. The molecule has 1 heterocycles. The topological polar surface area (TPSA) is 65.2 Å². The molecule has 0 amide bonds. The molecule has 2 rings (SSSR count). The van der Waals surface area contributed by atoms with Crippen molar-refractivity contribution in [3.63, 3.8) is 0 Å². The van der Waals surface area contributed by atoms with E-state index in [1.165, 1.54) is 0 Å². The zero-order valence-corrected chi connectivity index (χ0v) is 10.5. The van der Waals surface area contributed by atoms with Gasteiger partial charge < -0.3 is 10.5 Å². The molecule has 17 heavy (non-hydrogen) atoms. The molecule has 0 fully saturated rings. The molecule has 0 aliphatic heterocycles. The number of pyridine rings is 1. The van der Waals surface area contributed by atoms with Crippen LogP contribution in [-0.4, -0.2) is 16.6 Å². The number of nitrogen functional groups attached to an aromatic ring is 1. The van der Waals surface area contributed by atoms with E-state index in [0.717, 1.165) is 30.4 Å². The summed E-state index contributed by atoms with van der Waals surface area (Å²) < 4.78 is 5.37. The standard InChI is InChI=1S/C13H18N2O2/c1-13(2,3)17-12(16)10-9-6-4-5-8(9)7-15-11(10)14/h7H,4-6H2,1-3H3,(H2,14,15). The van der Waals surface area contributed by atoms with Crippen LogP contribution in [0.5, 0.6) is 0 Å². The summed E-state index contributed by atoms with van der Waals surface area (Å²) in [5.41, 5.74) is 7.91. The van der Waals surface area contributed by atoms with Crippen molar-refractivity contribution in [3.8, 4) is 0 Å². The number of nitrogens with zero attached hydrogens (tertiary/aromatic N) is 1. The SMILES string of the molecule is CC(C)(C)OC(=O)c1c(N)ncc2c1CCC2. The molecule has 1 aromatic rings. The predicted octanol–water partition coefficient (Wildman–Crippen LogP) is 2.11. The molecular formula is C13H18N2O2. The number of hydrogen-bond acceptors (Lipinski definition) is 4. The molecule has 0 atom stereocenters. The zero-order valence-electron chi connectivity index (χ0n) is 10.5. The van der Waals surface area contributed by atoms with Gasteiger partial charge in [0.2, 0.25) is 0 Å². The Hall–Kier alpha value is -1.58. The van der Waals surface area contributed by atoms with Crippen molar-refractivity contribution < 1.29 is 9.53 Å². The van der Waals surface area contributed by atoms with Crippen LogP contribution >= 0.6 is 0 Å². The fourth-order valence-corrected chi connectivity index (χ4v) is 2.12. The molecule has 0 saturated heterocycles. The van der Waals surface area contributed by atoms with Gasteiger partial charge in [0.15, 0.2) is 0 Å². The van der Waals surface area contributed by atoms with Crippen LogP contribution < -0.4 is 5.73 Å². The number of rotatable bonds is 1. The highest BCUT2D eigenvalue weighted by Gasteiger charge is 2.26. The Bertz CT molecular complexity index is 461. The van der Waals surface area contributed by atoms with Gasteiger partial charge in [0.1, 0.15) is 17.0 Å². The number of carbonyl (C=O) groups is 1. The van der Waals surface area contributed by atoms with Gasteiger partial charge in [-0.3, -0.25) is 0 Å². The molecule has 0 spiro atoms. The van der Waals surface area contributed by atoms with Gasteiger partial charge in [-0.05, 0) is 51.2 Å². The number of esters is 1. The van der Waals surface area contributed by atoms with Crippen molar-refractivity contribution in [3.05, 3.63) is 22.9 Å². The normalized spacial score (nSPS) is 14.5. The molecule has 0 saturated carbocycles.